The predicted octanol–water partition coefficient (Wildman–Crippen LogP) is 8.91. The molecule has 1 atom stereocenters. The lowest BCUT2D eigenvalue weighted by Crippen LogP contribution is -2.49. The van der Waals surface area contributed by atoms with E-state index in [0.717, 1.165) is 32.1 Å². The number of nitrogens with one attached hydrogen (secondary N) is 1. The minimum Gasteiger partial charge on any atom is -0.481 e. The summed E-state index contributed by atoms with van der Waals surface area (Å²) < 4.78 is 16.6. The van der Waals surface area contributed by atoms with Crippen molar-refractivity contribution in [3.63, 3.8) is 0 Å². The maximum absolute atomic E-state index is 13.5. The van der Waals surface area contributed by atoms with E-state index in [1.165, 1.54) is 48.5 Å². The third-order valence-electron chi connectivity index (χ3n) is 7.86. The standard InChI is InChI=1S/C43H52N2O10/c1-4-5-6-7-8-9-10-11-12-13-14-15-16-17-18-19-20-29-38(48)53-32-43(2,3)39(40(49)44-31-30-37(46)47)55-42(51)34-26-22-24-28-36(34)54-41(50)33-25-21-23-27-35(33)45-52/h5-6,8-9,11-12,14-15,17-18,21-28,39H,4,7,10,13,16,19-20,29-32H2,1-3H3,(H,44,49)(H,46,47)/b6-5-,9-8-,12-11-,15-14-,18-17-. The van der Waals surface area contributed by atoms with Crippen LogP contribution < -0.4 is 10.1 Å². The molecule has 0 aliphatic rings. The molecule has 0 bridgehead atoms. The van der Waals surface area contributed by atoms with E-state index >= 15 is 0 Å². The number of amides is 1. The van der Waals surface area contributed by atoms with E-state index in [1.807, 2.05) is 12.2 Å². The quantitative estimate of drug-likeness (QED) is 0.0327. The first-order valence-corrected chi connectivity index (χ1v) is 18.3. The van der Waals surface area contributed by atoms with E-state index in [0.29, 0.717) is 12.8 Å². The largest absolute Gasteiger partial charge is 0.481 e. The second kappa shape index (κ2) is 26.0. The molecule has 294 valence electrons. The normalized spacial score (nSPS) is 12.4. The smallest absolute Gasteiger partial charge is 0.345 e. The van der Waals surface area contributed by atoms with E-state index in [4.69, 9.17) is 19.3 Å². The van der Waals surface area contributed by atoms with Crippen molar-refractivity contribution in [2.24, 2.45) is 10.6 Å². The predicted molar refractivity (Wildman–Crippen MR) is 211 cm³/mol. The molecule has 55 heavy (non-hydrogen) atoms. The van der Waals surface area contributed by atoms with Gasteiger partial charge >= 0.3 is 23.9 Å². The topological polar surface area (TPSA) is 175 Å². The van der Waals surface area contributed by atoms with Crippen molar-refractivity contribution >= 4 is 35.5 Å². The van der Waals surface area contributed by atoms with Crippen molar-refractivity contribution in [3.8, 4) is 5.75 Å². The summed E-state index contributed by atoms with van der Waals surface area (Å²) in [5.41, 5.74) is -1.77. The molecule has 0 spiro atoms. The molecule has 1 unspecified atom stereocenters. The lowest BCUT2D eigenvalue weighted by molar-refractivity contribution is -0.153. The Morgan fingerprint density at radius 2 is 1.33 bits per heavy atom. The van der Waals surface area contributed by atoms with Gasteiger partial charge in [-0.3, -0.25) is 14.4 Å². The molecule has 12 nitrogen and oxygen atoms in total. The van der Waals surface area contributed by atoms with Crippen LogP contribution in [-0.2, 0) is 23.9 Å². The first kappa shape index (κ1) is 45.2. The van der Waals surface area contributed by atoms with Crippen LogP contribution >= 0.6 is 0 Å². The third kappa shape index (κ3) is 18.1. The number of aliphatic carboxylic acids is 1. The Hall–Kier alpha value is -5.91. The van der Waals surface area contributed by atoms with Crippen molar-refractivity contribution in [2.45, 2.75) is 84.7 Å². The number of ether oxygens (including phenoxy) is 3. The Bertz CT molecular complexity index is 1720. The van der Waals surface area contributed by atoms with Gasteiger partial charge in [-0.05, 0) is 74.4 Å². The fraction of sp³-hybridized carbons (Fsp3) is 0.372. The number of hydrogen-bond acceptors (Lipinski definition) is 10. The molecule has 2 aromatic carbocycles. The fourth-order valence-electron chi connectivity index (χ4n) is 4.88. The van der Waals surface area contributed by atoms with Crippen LogP contribution in [0, 0.1) is 10.3 Å². The number of carbonyl (C=O) groups is 5. The van der Waals surface area contributed by atoms with Crippen molar-refractivity contribution in [1.29, 1.82) is 0 Å². The summed E-state index contributed by atoms with van der Waals surface area (Å²) in [6, 6.07) is 11.4. The number of rotatable bonds is 25. The first-order valence-electron chi connectivity index (χ1n) is 18.3. The third-order valence-corrected chi connectivity index (χ3v) is 7.86. The number of unbranched alkanes of at least 4 members (excludes halogenated alkanes) is 1. The molecule has 2 N–H and O–H groups in total. The van der Waals surface area contributed by atoms with Crippen LogP contribution in [0.1, 0.15) is 99.3 Å². The molecular formula is C43H52N2O10. The molecule has 0 saturated heterocycles. The van der Waals surface area contributed by atoms with E-state index in [-0.39, 0.29) is 48.6 Å². The highest BCUT2D eigenvalue weighted by Gasteiger charge is 2.40. The number of nitroso groups, excluding NO2 is 1. The van der Waals surface area contributed by atoms with Crippen LogP contribution in [0.2, 0.25) is 0 Å². The van der Waals surface area contributed by atoms with Gasteiger partial charge in [0.25, 0.3) is 5.91 Å². The first-order chi connectivity index (χ1) is 26.5. The van der Waals surface area contributed by atoms with Gasteiger partial charge in [-0.2, -0.15) is 0 Å². The molecule has 2 rings (SSSR count). The molecule has 0 fully saturated rings. The second-order valence-electron chi connectivity index (χ2n) is 13.0. The van der Waals surface area contributed by atoms with Gasteiger partial charge in [0.1, 0.15) is 23.6 Å². The highest BCUT2D eigenvalue weighted by atomic mass is 16.6. The minimum atomic E-state index is -1.55. The average molecular weight is 757 g/mol. The van der Waals surface area contributed by atoms with Crippen molar-refractivity contribution in [2.75, 3.05) is 13.2 Å². The summed E-state index contributed by atoms with van der Waals surface area (Å²) in [6.45, 7) is 4.69. The Balaban J connectivity index is 1.94. The van der Waals surface area contributed by atoms with Gasteiger partial charge in [0.15, 0.2) is 6.10 Å². The zero-order chi connectivity index (χ0) is 40.3. The Labute approximate surface area is 323 Å². The molecule has 0 aromatic heterocycles. The average Bonchev–Trinajstić information content (AvgIpc) is 3.17. The second-order valence-corrected chi connectivity index (χ2v) is 13.0. The van der Waals surface area contributed by atoms with Crippen LogP contribution in [0.3, 0.4) is 0 Å². The van der Waals surface area contributed by atoms with Gasteiger partial charge in [0, 0.05) is 18.4 Å². The number of hydrogen-bond donors (Lipinski definition) is 2. The van der Waals surface area contributed by atoms with Crippen LogP contribution in [0.5, 0.6) is 5.75 Å². The van der Waals surface area contributed by atoms with E-state index in [9.17, 15) is 28.9 Å². The molecule has 12 heteroatoms. The van der Waals surface area contributed by atoms with Crippen LogP contribution in [-0.4, -0.2) is 54.1 Å². The zero-order valence-electron chi connectivity index (χ0n) is 31.8. The van der Waals surface area contributed by atoms with Gasteiger partial charge in [-0.1, -0.05) is 106 Å². The molecule has 0 radical (unpaired) electrons. The molecule has 0 heterocycles. The summed E-state index contributed by atoms with van der Waals surface area (Å²) >= 11 is 0. The molecule has 0 aliphatic heterocycles. The summed E-state index contributed by atoms with van der Waals surface area (Å²) in [7, 11) is 0. The van der Waals surface area contributed by atoms with E-state index < -0.39 is 41.3 Å². The molecule has 0 saturated carbocycles. The monoisotopic (exact) mass is 756 g/mol. The summed E-state index contributed by atoms with van der Waals surface area (Å²) in [6.07, 6.45) is 25.1. The molecule has 2 aromatic rings. The Kier molecular flexibility index (Phi) is 21.4. The highest BCUT2D eigenvalue weighted by molar-refractivity contribution is 5.99. The van der Waals surface area contributed by atoms with Crippen molar-refractivity contribution in [1.82, 2.24) is 5.32 Å². The van der Waals surface area contributed by atoms with Crippen molar-refractivity contribution < 1.29 is 43.3 Å². The zero-order valence-corrected chi connectivity index (χ0v) is 31.8. The number of benzene rings is 2. The van der Waals surface area contributed by atoms with Gasteiger partial charge < -0.3 is 24.6 Å². The lowest BCUT2D eigenvalue weighted by Gasteiger charge is -2.32. The Morgan fingerprint density at radius 1 is 0.764 bits per heavy atom. The van der Waals surface area contributed by atoms with E-state index in [2.05, 4.69) is 66.0 Å². The van der Waals surface area contributed by atoms with Gasteiger partial charge in [-0.25, -0.2) is 9.59 Å². The molecular weight excluding hydrogens is 704 g/mol. The fourth-order valence-corrected chi connectivity index (χ4v) is 4.88. The van der Waals surface area contributed by atoms with E-state index in [1.54, 1.807) is 13.8 Å². The highest BCUT2D eigenvalue weighted by Crippen LogP contribution is 2.29. The molecule has 0 aliphatic carbocycles. The van der Waals surface area contributed by atoms with Crippen LogP contribution in [0.4, 0.5) is 5.69 Å². The number of allylic oxidation sites excluding steroid dienone is 10. The number of carboxylic acids is 1. The Morgan fingerprint density at radius 3 is 1.93 bits per heavy atom. The van der Waals surface area contributed by atoms with Gasteiger partial charge in [0.05, 0.1) is 12.0 Å². The SMILES string of the molecule is CC/C=C\C/C=C\C/C=C\C/C=C\C/C=C\CCCC(=O)OCC(C)(C)C(OC(=O)c1ccccc1OC(=O)c1ccccc1N=O)C(=O)NCCC(=O)O. The van der Waals surface area contributed by atoms with Crippen molar-refractivity contribution in [3.05, 3.63) is 125 Å². The maximum Gasteiger partial charge on any atom is 0.345 e. The summed E-state index contributed by atoms with van der Waals surface area (Å²) in [5, 5.41) is 14.3. The van der Waals surface area contributed by atoms with Crippen LogP contribution in [0.15, 0.2) is 114 Å². The summed E-state index contributed by atoms with van der Waals surface area (Å²) in [5.74, 6) is -4.66. The number of esters is 3. The van der Waals surface area contributed by atoms with Crippen LogP contribution in [0.25, 0.3) is 0 Å². The maximum atomic E-state index is 13.5. The molecule has 1 amide bonds. The number of carboxylic acid groups (broad SMARTS) is 1. The minimum absolute atomic E-state index is 0.126. The lowest BCUT2D eigenvalue weighted by atomic mass is 9.86. The van der Waals surface area contributed by atoms with Gasteiger partial charge in [0.2, 0.25) is 0 Å². The number of para-hydroxylation sites is 1. The van der Waals surface area contributed by atoms with Gasteiger partial charge in [-0.15, -0.1) is 4.91 Å². The number of nitrogens with zero attached hydrogens (tertiary/aromatic N) is 1. The number of carbonyl (C=O) groups excluding carboxylic acids is 4. The summed E-state index contributed by atoms with van der Waals surface area (Å²) in [4.78, 5) is 74.5.